The Morgan fingerprint density at radius 2 is 1.93 bits per heavy atom. The number of ether oxygens (including phenoxy) is 2. The number of halogens is 1. The highest BCUT2D eigenvalue weighted by atomic mass is 35.5. The zero-order valence-corrected chi connectivity index (χ0v) is 8.38. The largest absolute Gasteiger partial charge is 0.497 e. The van der Waals surface area contributed by atoms with E-state index in [2.05, 4.69) is 11.3 Å². The molecule has 3 nitrogen and oxygen atoms in total. The number of carbonyl (C=O) groups is 1. The van der Waals surface area contributed by atoms with Crippen molar-refractivity contribution in [1.82, 2.24) is 0 Å². The fourth-order valence-corrected chi connectivity index (χ4v) is 0.957. The van der Waals surface area contributed by atoms with E-state index in [1.807, 2.05) is 0 Å². The first kappa shape index (κ1) is 10.6. The summed E-state index contributed by atoms with van der Waals surface area (Å²) >= 11 is 5.32. The van der Waals surface area contributed by atoms with E-state index in [4.69, 9.17) is 16.3 Å². The SMILES string of the molecule is C=C(Cl)OC(=O)c1ccc(OC)cc1. The monoisotopic (exact) mass is 212 g/mol. The van der Waals surface area contributed by atoms with Crippen molar-refractivity contribution >= 4 is 17.6 Å². The van der Waals surface area contributed by atoms with Gasteiger partial charge in [0.05, 0.1) is 12.7 Å². The lowest BCUT2D eigenvalue weighted by atomic mass is 10.2. The molecule has 0 heterocycles. The summed E-state index contributed by atoms with van der Waals surface area (Å²) in [7, 11) is 1.55. The topological polar surface area (TPSA) is 35.5 Å². The first-order chi connectivity index (χ1) is 6.63. The molecule has 0 atom stereocenters. The highest BCUT2D eigenvalue weighted by Crippen LogP contribution is 2.13. The second kappa shape index (κ2) is 4.67. The van der Waals surface area contributed by atoms with Crippen molar-refractivity contribution in [3.8, 4) is 5.75 Å². The molecular formula is C10H9ClO3. The standard InChI is InChI=1S/C10H9ClO3/c1-7(11)14-10(12)8-3-5-9(13-2)6-4-8/h3-6H,1H2,2H3. The Morgan fingerprint density at radius 3 is 2.36 bits per heavy atom. The van der Waals surface area contributed by atoms with Gasteiger partial charge in [0.15, 0.2) is 5.22 Å². The molecule has 1 rings (SSSR count). The van der Waals surface area contributed by atoms with Gasteiger partial charge in [0.2, 0.25) is 0 Å². The third-order valence-corrected chi connectivity index (χ3v) is 1.61. The molecule has 0 aliphatic rings. The first-order valence-corrected chi connectivity index (χ1v) is 4.22. The van der Waals surface area contributed by atoms with E-state index in [1.165, 1.54) is 0 Å². The van der Waals surface area contributed by atoms with Gasteiger partial charge in [0.25, 0.3) is 0 Å². The first-order valence-electron chi connectivity index (χ1n) is 3.84. The Morgan fingerprint density at radius 1 is 1.36 bits per heavy atom. The van der Waals surface area contributed by atoms with Gasteiger partial charge in [-0.1, -0.05) is 0 Å². The molecule has 14 heavy (non-hydrogen) atoms. The summed E-state index contributed by atoms with van der Waals surface area (Å²) in [6.45, 7) is 3.25. The number of hydrogen-bond donors (Lipinski definition) is 0. The molecular weight excluding hydrogens is 204 g/mol. The molecule has 1 aromatic rings. The van der Waals surface area contributed by atoms with E-state index in [1.54, 1.807) is 31.4 Å². The van der Waals surface area contributed by atoms with Gasteiger partial charge in [-0.2, -0.15) is 0 Å². The van der Waals surface area contributed by atoms with Gasteiger partial charge >= 0.3 is 5.97 Å². The number of methoxy groups -OCH3 is 1. The molecule has 0 bridgehead atoms. The van der Waals surface area contributed by atoms with Crippen molar-refractivity contribution in [1.29, 1.82) is 0 Å². The Kier molecular flexibility index (Phi) is 3.54. The molecule has 0 spiro atoms. The van der Waals surface area contributed by atoms with Gasteiger partial charge < -0.3 is 9.47 Å². The van der Waals surface area contributed by atoms with Crippen LogP contribution in [0.1, 0.15) is 10.4 Å². The molecule has 0 aliphatic heterocycles. The lowest BCUT2D eigenvalue weighted by molar-refractivity contribution is 0.0650. The van der Waals surface area contributed by atoms with E-state index < -0.39 is 5.97 Å². The van der Waals surface area contributed by atoms with Gasteiger partial charge in [0, 0.05) is 0 Å². The van der Waals surface area contributed by atoms with E-state index in [0.717, 1.165) is 0 Å². The quantitative estimate of drug-likeness (QED) is 0.571. The fourth-order valence-electron chi connectivity index (χ4n) is 0.887. The minimum Gasteiger partial charge on any atom is -0.497 e. The molecule has 0 fully saturated rings. The molecule has 0 saturated heterocycles. The number of hydrogen-bond acceptors (Lipinski definition) is 3. The smallest absolute Gasteiger partial charge is 0.344 e. The Bertz CT molecular complexity index is 343. The summed E-state index contributed by atoms with van der Waals surface area (Å²) < 4.78 is 9.54. The third kappa shape index (κ3) is 2.78. The van der Waals surface area contributed by atoms with Gasteiger partial charge in [-0.3, -0.25) is 0 Å². The van der Waals surface area contributed by atoms with Gasteiger partial charge in [-0.05, 0) is 42.4 Å². The molecule has 4 heteroatoms. The van der Waals surface area contributed by atoms with Crippen LogP contribution in [0.4, 0.5) is 0 Å². The van der Waals surface area contributed by atoms with E-state index in [-0.39, 0.29) is 5.22 Å². The normalized spacial score (nSPS) is 9.29. The van der Waals surface area contributed by atoms with Crippen molar-refractivity contribution in [2.75, 3.05) is 7.11 Å². The lowest BCUT2D eigenvalue weighted by Gasteiger charge is -2.02. The van der Waals surface area contributed by atoms with Crippen LogP contribution in [0.2, 0.25) is 0 Å². The van der Waals surface area contributed by atoms with Crippen LogP contribution in [-0.2, 0) is 4.74 Å². The number of esters is 1. The summed E-state index contributed by atoms with van der Waals surface area (Å²) in [6.07, 6.45) is 0. The number of benzene rings is 1. The van der Waals surface area contributed by atoms with Crippen molar-refractivity contribution in [3.63, 3.8) is 0 Å². The molecule has 0 radical (unpaired) electrons. The van der Waals surface area contributed by atoms with Crippen molar-refractivity contribution in [2.24, 2.45) is 0 Å². The highest BCUT2D eigenvalue weighted by Gasteiger charge is 2.07. The second-order valence-electron chi connectivity index (χ2n) is 2.47. The third-order valence-electron chi connectivity index (χ3n) is 1.53. The van der Waals surface area contributed by atoms with E-state index in [9.17, 15) is 4.79 Å². The molecule has 74 valence electrons. The predicted molar refractivity (Wildman–Crippen MR) is 53.4 cm³/mol. The summed E-state index contributed by atoms with van der Waals surface area (Å²) in [4.78, 5) is 11.2. The van der Waals surface area contributed by atoms with Gasteiger partial charge in [-0.15, -0.1) is 0 Å². The number of rotatable bonds is 3. The molecule has 0 amide bonds. The molecule has 1 aromatic carbocycles. The average Bonchev–Trinajstić information content (AvgIpc) is 2.17. The van der Waals surface area contributed by atoms with Gasteiger partial charge in [0.1, 0.15) is 5.75 Å². The van der Waals surface area contributed by atoms with Crippen LogP contribution < -0.4 is 4.74 Å². The zero-order chi connectivity index (χ0) is 10.6. The minimum absolute atomic E-state index is 0.147. The van der Waals surface area contributed by atoms with Crippen LogP contribution in [0, 0.1) is 0 Å². The molecule has 0 aromatic heterocycles. The summed E-state index contributed by atoms with van der Waals surface area (Å²) in [5.41, 5.74) is 0.396. The molecule has 0 aliphatic carbocycles. The minimum atomic E-state index is -0.535. The summed E-state index contributed by atoms with van der Waals surface area (Å²) in [5, 5.41) is -0.147. The molecule has 0 N–H and O–H groups in total. The predicted octanol–water partition coefficient (Wildman–Crippen LogP) is 2.56. The maximum absolute atomic E-state index is 11.2. The maximum Gasteiger partial charge on any atom is 0.344 e. The molecule has 0 unspecified atom stereocenters. The van der Waals surface area contributed by atoms with Crippen LogP contribution in [0.25, 0.3) is 0 Å². The van der Waals surface area contributed by atoms with Crippen LogP contribution >= 0.6 is 11.6 Å². The van der Waals surface area contributed by atoms with Crippen molar-refractivity contribution in [2.45, 2.75) is 0 Å². The van der Waals surface area contributed by atoms with E-state index >= 15 is 0 Å². The van der Waals surface area contributed by atoms with Crippen LogP contribution in [0.15, 0.2) is 36.1 Å². The van der Waals surface area contributed by atoms with Crippen LogP contribution in [-0.4, -0.2) is 13.1 Å². The highest BCUT2D eigenvalue weighted by molar-refractivity contribution is 6.28. The van der Waals surface area contributed by atoms with Crippen LogP contribution in [0.3, 0.4) is 0 Å². The zero-order valence-electron chi connectivity index (χ0n) is 7.62. The lowest BCUT2D eigenvalue weighted by Crippen LogP contribution is -2.01. The summed E-state index contributed by atoms with van der Waals surface area (Å²) in [6, 6.07) is 6.49. The van der Waals surface area contributed by atoms with E-state index in [0.29, 0.717) is 11.3 Å². The average molecular weight is 213 g/mol. The molecule has 0 saturated carbocycles. The Balaban J connectivity index is 2.76. The van der Waals surface area contributed by atoms with Crippen molar-refractivity contribution < 1.29 is 14.3 Å². The Hall–Kier alpha value is -1.48. The Labute approximate surface area is 86.9 Å². The van der Waals surface area contributed by atoms with Gasteiger partial charge in [-0.25, -0.2) is 4.79 Å². The summed E-state index contributed by atoms with van der Waals surface area (Å²) in [5.74, 6) is 0.138. The fraction of sp³-hybridized carbons (Fsp3) is 0.100. The van der Waals surface area contributed by atoms with Crippen molar-refractivity contribution in [3.05, 3.63) is 41.6 Å². The maximum atomic E-state index is 11.2. The number of carbonyl (C=O) groups excluding carboxylic acids is 1. The second-order valence-corrected chi connectivity index (χ2v) is 2.89. The van der Waals surface area contributed by atoms with Crippen LogP contribution in [0.5, 0.6) is 5.75 Å².